The summed E-state index contributed by atoms with van der Waals surface area (Å²) in [6.07, 6.45) is 3.94. The molecule has 0 bridgehead atoms. The van der Waals surface area contributed by atoms with Crippen LogP contribution in [0.3, 0.4) is 0 Å². The van der Waals surface area contributed by atoms with Crippen LogP contribution in [-0.2, 0) is 18.3 Å². The van der Waals surface area contributed by atoms with Gasteiger partial charge >= 0.3 is 0 Å². The fourth-order valence-corrected chi connectivity index (χ4v) is 3.26. The van der Waals surface area contributed by atoms with Gasteiger partial charge in [0.1, 0.15) is 0 Å². The monoisotopic (exact) mass is 357 g/mol. The number of nitrogens with one attached hydrogen (secondary N) is 1. The molecule has 1 heterocycles. The third-order valence-corrected chi connectivity index (χ3v) is 4.79. The van der Waals surface area contributed by atoms with Crippen LogP contribution in [0.15, 0.2) is 71.0 Å². The Labute approximate surface area is 149 Å². The summed E-state index contributed by atoms with van der Waals surface area (Å²) in [6, 6.07) is 15.1. The van der Waals surface area contributed by atoms with E-state index in [1.165, 1.54) is 11.8 Å². The number of hydrogen-bond donors (Lipinski definition) is 1. The molecule has 0 radical (unpaired) electrons. The van der Waals surface area contributed by atoms with Crippen LogP contribution in [-0.4, -0.2) is 15.5 Å². The first-order valence-electron chi connectivity index (χ1n) is 7.40. The summed E-state index contributed by atoms with van der Waals surface area (Å²) in [7, 11) is 1.93. The van der Waals surface area contributed by atoms with Crippen LogP contribution in [0.2, 0.25) is 5.02 Å². The minimum atomic E-state index is -0.0786. The van der Waals surface area contributed by atoms with Gasteiger partial charge in [0.15, 0.2) is 5.16 Å². The van der Waals surface area contributed by atoms with Gasteiger partial charge in [-0.3, -0.25) is 4.79 Å². The molecule has 4 nitrogen and oxygen atoms in total. The molecule has 0 saturated heterocycles. The fourth-order valence-electron chi connectivity index (χ4n) is 2.21. The lowest BCUT2D eigenvalue weighted by Crippen LogP contribution is -2.15. The number of halogens is 1. The second-order valence-electron chi connectivity index (χ2n) is 5.27. The predicted octanol–water partition coefficient (Wildman–Crippen LogP) is 4.41. The number of hydrogen-bond acceptors (Lipinski definition) is 3. The van der Waals surface area contributed by atoms with Crippen molar-refractivity contribution in [1.29, 1.82) is 0 Å². The molecule has 3 aromatic rings. The van der Waals surface area contributed by atoms with Crippen molar-refractivity contribution in [2.24, 2.45) is 7.05 Å². The topological polar surface area (TPSA) is 46.9 Å². The molecular formula is C18H16ClN3OS. The van der Waals surface area contributed by atoms with E-state index in [-0.39, 0.29) is 5.91 Å². The number of aromatic nitrogens is 2. The Balaban J connectivity index is 1.78. The molecule has 0 aliphatic rings. The van der Waals surface area contributed by atoms with Crippen molar-refractivity contribution in [2.75, 3.05) is 5.32 Å². The highest BCUT2D eigenvalue weighted by Gasteiger charge is 2.11. The van der Waals surface area contributed by atoms with Crippen molar-refractivity contribution in [3.63, 3.8) is 0 Å². The fraction of sp³-hybridized carbons (Fsp3) is 0.111. The second-order valence-corrected chi connectivity index (χ2v) is 6.72. The zero-order chi connectivity index (χ0) is 16.9. The number of rotatable bonds is 5. The molecule has 0 atom stereocenters. The Kier molecular flexibility index (Phi) is 5.23. The van der Waals surface area contributed by atoms with E-state index in [2.05, 4.69) is 10.3 Å². The predicted molar refractivity (Wildman–Crippen MR) is 97.6 cm³/mol. The maximum atomic E-state index is 12.3. The maximum absolute atomic E-state index is 12.3. The summed E-state index contributed by atoms with van der Waals surface area (Å²) in [6.45, 7) is 0. The third kappa shape index (κ3) is 4.19. The van der Waals surface area contributed by atoms with Gasteiger partial charge in [0.2, 0.25) is 5.91 Å². The zero-order valence-corrected chi connectivity index (χ0v) is 14.6. The molecule has 0 aliphatic heterocycles. The number of benzene rings is 2. The molecule has 0 saturated carbocycles. The first-order chi connectivity index (χ1) is 11.6. The van der Waals surface area contributed by atoms with Crippen molar-refractivity contribution in [3.05, 3.63) is 71.5 Å². The number of imidazole rings is 1. The van der Waals surface area contributed by atoms with E-state index in [1.807, 2.05) is 54.2 Å². The lowest BCUT2D eigenvalue weighted by molar-refractivity contribution is -0.115. The summed E-state index contributed by atoms with van der Waals surface area (Å²) in [5.41, 5.74) is 1.66. The summed E-state index contributed by atoms with van der Waals surface area (Å²) >= 11 is 7.58. The molecular weight excluding hydrogens is 342 g/mol. The molecule has 0 fully saturated rings. The van der Waals surface area contributed by atoms with Crippen LogP contribution in [0, 0.1) is 0 Å². The van der Waals surface area contributed by atoms with E-state index in [0.717, 1.165) is 15.6 Å². The Morgan fingerprint density at radius 2 is 2.04 bits per heavy atom. The zero-order valence-electron chi connectivity index (χ0n) is 13.1. The largest absolute Gasteiger partial charge is 0.329 e. The lowest BCUT2D eigenvalue weighted by Gasteiger charge is -2.11. The quantitative estimate of drug-likeness (QED) is 0.735. The van der Waals surface area contributed by atoms with Gasteiger partial charge in [-0.05, 0) is 35.5 Å². The Hall–Kier alpha value is -2.24. The average Bonchev–Trinajstić information content (AvgIpc) is 2.96. The molecule has 0 unspecified atom stereocenters. The molecule has 3 rings (SSSR count). The summed E-state index contributed by atoms with van der Waals surface area (Å²) in [4.78, 5) is 17.5. The minimum absolute atomic E-state index is 0.0786. The van der Waals surface area contributed by atoms with E-state index in [9.17, 15) is 4.79 Å². The van der Waals surface area contributed by atoms with Crippen molar-refractivity contribution in [1.82, 2.24) is 9.55 Å². The van der Waals surface area contributed by atoms with Gasteiger partial charge in [-0.1, -0.05) is 41.9 Å². The molecule has 1 amide bonds. The summed E-state index contributed by atoms with van der Waals surface area (Å²) in [5, 5.41) is 4.37. The van der Waals surface area contributed by atoms with Gasteiger partial charge in [-0.2, -0.15) is 0 Å². The van der Waals surface area contributed by atoms with Gasteiger partial charge in [0.25, 0.3) is 0 Å². The molecule has 0 aliphatic carbocycles. The van der Waals surface area contributed by atoms with Gasteiger partial charge in [-0.25, -0.2) is 4.98 Å². The van der Waals surface area contributed by atoms with Crippen molar-refractivity contribution >= 4 is 35.0 Å². The van der Waals surface area contributed by atoms with Crippen LogP contribution in [0.5, 0.6) is 0 Å². The maximum Gasteiger partial charge on any atom is 0.228 e. The molecule has 0 spiro atoms. The number of aryl methyl sites for hydroxylation is 1. The van der Waals surface area contributed by atoms with Crippen LogP contribution in [0.1, 0.15) is 5.56 Å². The Morgan fingerprint density at radius 1 is 1.25 bits per heavy atom. The lowest BCUT2D eigenvalue weighted by atomic mass is 10.1. The highest BCUT2D eigenvalue weighted by Crippen LogP contribution is 2.34. The molecule has 1 N–H and O–H groups in total. The highest BCUT2D eigenvalue weighted by atomic mass is 35.5. The summed E-state index contributed by atoms with van der Waals surface area (Å²) < 4.78 is 1.93. The summed E-state index contributed by atoms with van der Waals surface area (Å²) in [5.74, 6) is -0.0786. The minimum Gasteiger partial charge on any atom is -0.329 e. The molecule has 6 heteroatoms. The van der Waals surface area contributed by atoms with Gasteiger partial charge in [0.05, 0.1) is 12.1 Å². The van der Waals surface area contributed by atoms with Crippen LogP contribution >= 0.6 is 23.4 Å². The molecule has 24 heavy (non-hydrogen) atoms. The SMILES string of the molecule is Cn1ccnc1Sc1ccc(Cl)cc1NC(=O)Cc1ccccc1. The number of nitrogens with zero attached hydrogens (tertiary/aromatic N) is 2. The van der Waals surface area contributed by atoms with Crippen LogP contribution in [0.4, 0.5) is 5.69 Å². The smallest absolute Gasteiger partial charge is 0.228 e. The van der Waals surface area contributed by atoms with E-state index >= 15 is 0 Å². The van der Waals surface area contributed by atoms with Crippen LogP contribution in [0.25, 0.3) is 0 Å². The first kappa shape index (κ1) is 16.6. The van der Waals surface area contributed by atoms with E-state index in [1.54, 1.807) is 18.3 Å². The van der Waals surface area contributed by atoms with Gasteiger partial charge < -0.3 is 9.88 Å². The Bertz CT molecular complexity index is 848. The Morgan fingerprint density at radius 3 is 2.75 bits per heavy atom. The standard InChI is InChI=1S/C18H16ClN3OS/c1-22-10-9-20-18(22)24-16-8-7-14(19)12-15(16)21-17(23)11-13-5-3-2-4-6-13/h2-10,12H,11H2,1H3,(H,21,23). The molecule has 2 aromatic carbocycles. The van der Waals surface area contributed by atoms with E-state index in [0.29, 0.717) is 17.1 Å². The van der Waals surface area contributed by atoms with E-state index < -0.39 is 0 Å². The van der Waals surface area contributed by atoms with Crippen LogP contribution < -0.4 is 5.32 Å². The second kappa shape index (κ2) is 7.55. The average molecular weight is 358 g/mol. The molecule has 122 valence electrons. The van der Waals surface area contributed by atoms with Crippen molar-refractivity contribution in [2.45, 2.75) is 16.5 Å². The number of carbonyl (C=O) groups is 1. The normalized spacial score (nSPS) is 10.6. The van der Waals surface area contributed by atoms with Crippen molar-refractivity contribution in [3.8, 4) is 0 Å². The highest BCUT2D eigenvalue weighted by molar-refractivity contribution is 7.99. The van der Waals surface area contributed by atoms with Gasteiger partial charge in [0, 0.05) is 29.4 Å². The number of anilines is 1. The van der Waals surface area contributed by atoms with Gasteiger partial charge in [-0.15, -0.1) is 0 Å². The number of carbonyl (C=O) groups excluding carboxylic acids is 1. The number of amides is 1. The van der Waals surface area contributed by atoms with E-state index in [4.69, 9.17) is 11.6 Å². The third-order valence-electron chi connectivity index (χ3n) is 3.40. The first-order valence-corrected chi connectivity index (χ1v) is 8.60. The molecule has 1 aromatic heterocycles. The van der Waals surface area contributed by atoms with Crippen molar-refractivity contribution < 1.29 is 4.79 Å².